The number of benzene rings is 1. The summed E-state index contributed by atoms with van der Waals surface area (Å²) < 4.78 is 1.69. The van der Waals surface area contributed by atoms with Crippen LogP contribution >= 0.6 is 24.0 Å². The van der Waals surface area contributed by atoms with E-state index in [0.717, 1.165) is 30.8 Å². The summed E-state index contributed by atoms with van der Waals surface area (Å²) in [6, 6.07) is 7.43. The Kier molecular flexibility index (Phi) is 5.98. The van der Waals surface area contributed by atoms with Gasteiger partial charge in [-0.1, -0.05) is 23.7 Å². The second kappa shape index (κ2) is 7.77. The Labute approximate surface area is 145 Å². The van der Waals surface area contributed by atoms with Crippen molar-refractivity contribution in [2.75, 3.05) is 13.1 Å². The van der Waals surface area contributed by atoms with E-state index in [-0.39, 0.29) is 24.1 Å². The molecule has 23 heavy (non-hydrogen) atoms. The number of para-hydroxylation sites is 1. The number of rotatable bonds is 6. The van der Waals surface area contributed by atoms with Crippen molar-refractivity contribution in [3.63, 3.8) is 0 Å². The van der Waals surface area contributed by atoms with Gasteiger partial charge >= 0.3 is 0 Å². The van der Waals surface area contributed by atoms with Gasteiger partial charge in [-0.15, -0.1) is 17.5 Å². The molecule has 1 aromatic carbocycles. The topological polar surface area (TPSA) is 85.8 Å². The Morgan fingerprint density at radius 1 is 1.39 bits per heavy atom. The maximum atomic E-state index is 12.1. The lowest BCUT2D eigenvalue weighted by molar-refractivity contribution is 0.0943. The molecule has 8 heteroatoms. The van der Waals surface area contributed by atoms with Crippen LogP contribution in [0.1, 0.15) is 41.6 Å². The maximum Gasteiger partial charge on any atom is 0.290 e. The van der Waals surface area contributed by atoms with Crippen LogP contribution in [-0.2, 0) is 0 Å². The zero-order chi connectivity index (χ0) is 15.5. The van der Waals surface area contributed by atoms with Crippen LogP contribution in [0, 0.1) is 0 Å². The lowest BCUT2D eigenvalue weighted by atomic mass is 10.3. The van der Waals surface area contributed by atoms with E-state index in [1.165, 1.54) is 0 Å². The van der Waals surface area contributed by atoms with Gasteiger partial charge in [-0.05, 0) is 37.9 Å². The van der Waals surface area contributed by atoms with Crippen molar-refractivity contribution in [3.8, 4) is 5.69 Å². The average molecular weight is 356 g/mol. The summed E-state index contributed by atoms with van der Waals surface area (Å²) in [5, 5.41) is 7.72. The van der Waals surface area contributed by atoms with Gasteiger partial charge in [0.05, 0.1) is 10.7 Å². The van der Waals surface area contributed by atoms with Gasteiger partial charge in [-0.25, -0.2) is 9.67 Å². The number of amides is 1. The number of halogens is 2. The molecule has 3 N–H and O–H groups in total. The van der Waals surface area contributed by atoms with Crippen LogP contribution in [-0.4, -0.2) is 33.8 Å². The van der Waals surface area contributed by atoms with E-state index in [0.29, 0.717) is 24.0 Å². The van der Waals surface area contributed by atoms with Gasteiger partial charge in [0, 0.05) is 12.5 Å². The molecule has 0 saturated heterocycles. The molecule has 0 radical (unpaired) electrons. The first-order valence-electron chi connectivity index (χ1n) is 7.41. The molecule has 0 bridgehead atoms. The number of hydrogen-bond acceptors (Lipinski definition) is 4. The SMILES string of the molecule is Cl.NCCCNC(=O)c1nc(C2CC2)n(-c2ccccc2Cl)n1. The predicted molar refractivity (Wildman–Crippen MR) is 91.6 cm³/mol. The van der Waals surface area contributed by atoms with Crippen LogP contribution in [0.4, 0.5) is 0 Å². The Hall–Kier alpha value is -1.63. The molecule has 1 aliphatic rings. The number of nitrogens with zero attached hydrogens (tertiary/aromatic N) is 3. The number of hydrogen-bond donors (Lipinski definition) is 2. The van der Waals surface area contributed by atoms with E-state index in [4.69, 9.17) is 17.3 Å². The normalized spacial score (nSPS) is 13.5. The van der Waals surface area contributed by atoms with Crippen LogP contribution in [0.5, 0.6) is 0 Å². The summed E-state index contributed by atoms with van der Waals surface area (Å²) in [7, 11) is 0. The third kappa shape index (κ3) is 4.02. The van der Waals surface area contributed by atoms with Gasteiger partial charge in [0.1, 0.15) is 5.82 Å². The van der Waals surface area contributed by atoms with Gasteiger partial charge in [0.2, 0.25) is 5.82 Å². The molecule has 1 fully saturated rings. The molecule has 1 aromatic heterocycles. The fourth-order valence-electron chi connectivity index (χ4n) is 2.21. The highest BCUT2D eigenvalue weighted by Crippen LogP contribution is 2.40. The summed E-state index contributed by atoms with van der Waals surface area (Å²) in [6.07, 6.45) is 2.86. The lowest BCUT2D eigenvalue weighted by Gasteiger charge is -2.06. The number of carbonyl (C=O) groups excluding carboxylic acids is 1. The van der Waals surface area contributed by atoms with Crippen molar-refractivity contribution in [2.24, 2.45) is 5.73 Å². The molecule has 2 aromatic rings. The standard InChI is InChI=1S/C15H18ClN5O.ClH/c16-11-4-1-2-5-12(11)21-14(10-6-7-10)19-13(20-21)15(22)18-9-3-8-17;/h1-2,4-5,10H,3,6-9,17H2,(H,18,22);1H. The van der Waals surface area contributed by atoms with Crippen LogP contribution in [0.15, 0.2) is 24.3 Å². The highest BCUT2D eigenvalue weighted by Gasteiger charge is 2.31. The third-order valence-corrected chi connectivity index (χ3v) is 3.84. The summed E-state index contributed by atoms with van der Waals surface area (Å²) in [5.74, 6) is 1.06. The van der Waals surface area contributed by atoms with Crippen molar-refractivity contribution < 1.29 is 4.79 Å². The quantitative estimate of drug-likeness (QED) is 0.778. The molecule has 1 heterocycles. The molecule has 3 rings (SSSR count). The molecular formula is C15H19Cl2N5O. The molecule has 124 valence electrons. The van der Waals surface area contributed by atoms with Crippen molar-refractivity contribution >= 4 is 29.9 Å². The van der Waals surface area contributed by atoms with Crippen molar-refractivity contribution in [3.05, 3.63) is 40.9 Å². The largest absolute Gasteiger partial charge is 0.349 e. The first-order chi connectivity index (χ1) is 10.7. The zero-order valence-corrected chi connectivity index (χ0v) is 14.1. The second-order valence-corrected chi connectivity index (χ2v) is 5.74. The van der Waals surface area contributed by atoms with E-state index >= 15 is 0 Å². The molecule has 6 nitrogen and oxygen atoms in total. The highest BCUT2D eigenvalue weighted by atomic mass is 35.5. The second-order valence-electron chi connectivity index (χ2n) is 5.33. The average Bonchev–Trinajstić information content (AvgIpc) is 3.27. The van der Waals surface area contributed by atoms with Crippen LogP contribution in [0.3, 0.4) is 0 Å². The van der Waals surface area contributed by atoms with Crippen LogP contribution < -0.4 is 11.1 Å². The van der Waals surface area contributed by atoms with Crippen molar-refractivity contribution in [1.82, 2.24) is 20.1 Å². The molecule has 0 unspecified atom stereocenters. The zero-order valence-electron chi connectivity index (χ0n) is 12.5. The minimum absolute atomic E-state index is 0. The highest BCUT2D eigenvalue weighted by molar-refractivity contribution is 6.32. The predicted octanol–water partition coefficient (Wildman–Crippen LogP) is 2.30. The van der Waals surface area contributed by atoms with Gasteiger partial charge in [-0.2, -0.15) is 0 Å². The van der Waals surface area contributed by atoms with E-state index in [1.807, 2.05) is 18.2 Å². The van der Waals surface area contributed by atoms with E-state index in [9.17, 15) is 4.79 Å². The van der Waals surface area contributed by atoms with Crippen molar-refractivity contribution in [1.29, 1.82) is 0 Å². The van der Waals surface area contributed by atoms with Gasteiger partial charge in [0.25, 0.3) is 5.91 Å². The Balaban J connectivity index is 0.00000192. The minimum atomic E-state index is -0.277. The summed E-state index contributed by atoms with van der Waals surface area (Å²) in [4.78, 5) is 16.5. The van der Waals surface area contributed by atoms with E-state index in [2.05, 4.69) is 15.4 Å². The first-order valence-corrected chi connectivity index (χ1v) is 7.78. The molecule has 0 spiro atoms. The fourth-order valence-corrected chi connectivity index (χ4v) is 2.43. The summed E-state index contributed by atoms with van der Waals surface area (Å²) in [5.41, 5.74) is 6.17. The molecule has 0 aliphatic heterocycles. The lowest BCUT2D eigenvalue weighted by Crippen LogP contribution is -2.27. The van der Waals surface area contributed by atoms with Gasteiger partial charge in [0.15, 0.2) is 0 Å². The molecule has 0 atom stereocenters. The number of carbonyl (C=O) groups is 1. The molecule has 1 saturated carbocycles. The van der Waals surface area contributed by atoms with Gasteiger partial charge in [-0.3, -0.25) is 4.79 Å². The first kappa shape index (κ1) is 17.7. The fraction of sp³-hybridized carbons (Fsp3) is 0.400. The molecular weight excluding hydrogens is 337 g/mol. The van der Waals surface area contributed by atoms with Gasteiger partial charge < -0.3 is 11.1 Å². The van der Waals surface area contributed by atoms with Crippen molar-refractivity contribution in [2.45, 2.75) is 25.2 Å². The van der Waals surface area contributed by atoms with E-state index < -0.39 is 0 Å². The van der Waals surface area contributed by atoms with Crippen LogP contribution in [0.25, 0.3) is 5.69 Å². The van der Waals surface area contributed by atoms with Crippen LogP contribution in [0.2, 0.25) is 5.02 Å². The number of nitrogens with two attached hydrogens (primary N) is 1. The number of aromatic nitrogens is 3. The summed E-state index contributed by atoms with van der Waals surface area (Å²) >= 11 is 6.24. The molecule has 1 amide bonds. The Morgan fingerprint density at radius 2 is 2.13 bits per heavy atom. The third-order valence-electron chi connectivity index (χ3n) is 3.52. The minimum Gasteiger partial charge on any atom is -0.349 e. The monoisotopic (exact) mass is 355 g/mol. The Bertz CT molecular complexity index is 684. The maximum absolute atomic E-state index is 12.1. The van der Waals surface area contributed by atoms with E-state index in [1.54, 1.807) is 10.7 Å². The summed E-state index contributed by atoms with van der Waals surface area (Å²) in [6.45, 7) is 1.06. The number of nitrogens with one attached hydrogen (secondary N) is 1. The Morgan fingerprint density at radius 3 is 2.78 bits per heavy atom. The smallest absolute Gasteiger partial charge is 0.290 e. The molecule has 1 aliphatic carbocycles.